The second-order valence-electron chi connectivity index (χ2n) is 8.37. The number of nitrogens with zero attached hydrogens (tertiary/aromatic N) is 2. The maximum absolute atomic E-state index is 14.5. The van der Waals surface area contributed by atoms with Crippen LogP contribution in [0.2, 0.25) is 5.02 Å². The van der Waals surface area contributed by atoms with Crippen LogP contribution in [0.25, 0.3) is 6.08 Å². The van der Waals surface area contributed by atoms with Gasteiger partial charge in [0.1, 0.15) is 16.5 Å². The minimum atomic E-state index is -0.691. The van der Waals surface area contributed by atoms with E-state index in [9.17, 15) is 18.8 Å². The third kappa shape index (κ3) is 7.75. The molecule has 8 nitrogen and oxygen atoms in total. The minimum Gasteiger partial charge on any atom is -0.321 e. The van der Waals surface area contributed by atoms with Gasteiger partial charge in [0.15, 0.2) is 0 Å². The first-order valence-corrected chi connectivity index (χ1v) is 14.0. The van der Waals surface area contributed by atoms with E-state index in [2.05, 4.69) is 26.1 Å². The number of amides is 3. The molecule has 0 radical (unpaired) electrons. The van der Waals surface area contributed by atoms with Gasteiger partial charge in [-0.05, 0) is 62.4 Å². The number of aromatic nitrogens is 2. The van der Waals surface area contributed by atoms with Crippen molar-refractivity contribution in [1.82, 2.24) is 15.5 Å². The molecule has 4 aromatic rings. The first kappa shape index (κ1) is 28.9. The molecule has 12 heteroatoms. The molecule has 0 spiro atoms. The van der Waals surface area contributed by atoms with E-state index in [-0.39, 0.29) is 22.2 Å². The Balaban J connectivity index is 1.52. The molecule has 1 unspecified atom stereocenters. The Bertz CT molecular complexity index is 1560. The van der Waals surface area contributed by atoms with Gasteiger partial charge in [-0.25, -0.2) is 4.39 Å². The number of benzene rings is 3. The summed E-state index contributed by atoms with van der Waals surface area (Å²) in [5, 5.41) is 16.6. The summed E-state index contributed by atoms with van der Waals surface area (Å²) in [6.07, 6.45) is 1.19. The molecule has 204 valence electrons. The predicted molar refractivity (Wildman–Crippen MR) is 157 cm³/mol. The summed E-state index contributed by atoms with van der Waals surface area (Å²) in [7, 11) is 0. The van der Waals surface area contributed by atoms with E-state index in [4.69, 9.17) is 11.6 Å². The van der Waals surface area contributed by atoms with Gasteiger partial charge in [-0.1, -0.05) is 53.3 Å². The highest BCUT2D eigenvalue weighted by Gasteiger charge is 2.19. The van der Waals surface area contributed by atoms with E-state index in [1.807, 2.05) is 0 Å². The predicted octanol–water partition coefficient (Wildman–Crippen LogP) is 6.17. The highest BCUT2D eigenvalue weighted by molar-refractivity contribution is 8.00. The maximum Gasteiger partial charge on any atom is 0.272 e. The number of aryl methyl sites for hydroxylation is 1. The molecule has 3 aromatic carbocycles. The normalized spacial score (nSPS) is 11.9. The van der Waals surface area contributed by atoms with E-state index in [1.165, 1.54) is 47.4 Å². The molecular weight excluding hydrogens is 573 g/mol. The van der Waals surface area contributed by atoms with Gasteiger partial charge >= 0.3 is 0 Å². The van der Waals surface area contributed by atoms with E-state index in [0.29, 0.717) is 21.3 Å². The fourth-order valence-electron chi connectivity index (χ4n) is 3.39. The van der Waals surface area contributed by atoms with E-state index in [0.717, 1.165) is 5.01 Å². The van der Waals surface area contributed by atoms with Crippen molar-refractivity contribution < 1.29 is 18.8 Å². The maximum atomic E-state index is 14.5. The van der Waals surface area contributed by atoms with E-state index in [1.54, 1.807) is 68.4 Å². The van der Waals surface area contributed by atoms with Gasteiger partial charge in [-0.3, -0.25) is 19.7 Å². The molecule has 0 saturated heterocycles. The lowest BCUT2D eigenvalue weighted by Gasteiger charge is -2.14. The van der Waals surface area contributed by atoms with Gasteiger partial charge in [0.25, 0.3) is 11.8 Å². The topological polar surface area (TPSA) is 113 Å². The van der Waals surface area contributed by atoms with Crippen molar-refractivity contribution >= 4 is 69.3 Å². The van der Waals surface area contributed by atoms with Crippen LogP contribution >= 0.6 is 34.7 Å². The molecule has 1 aromatic heterocycles. The van der Waals surface area contributed by atoms with Crippen molar-refractivity contribution in [3.63, 3.8) is 0 Å². The van der Waals surface area contributed by atoms with Gasteiger partial charge in [0, 0.05) is 21.7 Å². The highest BCUT2D eigenvalue weighted by Crippen LogP contribution is 2.28. The van der Waals surface area contributed by atoms with E-state index >= 15 is 0 Å². The monoisotopic (exact) mass is 595 g/mol. The number of halogens is 2. The fraction of sp³-hybridized carbons (Fsp3) is 0.107. The third-order valence-corrected chi connectivity index (χ3v) is 7.52. The lowest BCUT2D eigenvalue weighted by molar-refractivity contribution is -0.115. The summed E-state index contributed by atoms with van der Waals surface area (Å²) >= 11 is 8.73. The largest absolute Gasteiger partial charge is 0.321 e. The van der Waals surface area contributed by atoms with Crippen molar-refractivity contribution in [2.24, 2.45) is 0 Å². The van der Waals surface area contributed by atoms with Gasteiger partial charge in [-0.15, -0.1) is 22.0 Å². The number of carbonyl (C=O) groups is 3. The van der Waals surface area contributed by atoms with Crippen LogP contribution in [0.3, 0.4) is 0 Å². The molecule has 0 aliphatic carbocycles. The third-order valence-electron chi connectivity index (χ3n) is 5.35. The zero-order chi connectivity index (χ0) is 28.6. The summed E-state index contributed by atoms with van der Waals surface area (Å²) in [5.41, 5.74) is 0.466. The van der Waals surface area contributed by atoms with Crippen LogP contribution in [0.1, 0.15) is 27.9 Å². The van der Waals surface area contributed by atoms with Crippen LogP contribution < -0.4 is 16.0 Å². The Hall–Kier alpha value is -4.06. The minimum absolute atomic E-state index is 0.0440. The standard InChI is InChI=1S/C28H23ClFN5O3S2/c1-16(25(36)33-28-35-34-17(2)40-28)39-20-11-6-10-19(14-20)31-27(38)24(15-21-22(29)12-7-13-23(21)30)32-26(37)18-8-4-3-5-9-18/h3-16H,1-2H3,(H,31,38)(H,32,37)(H,33,35,36)/b24-15+. The molecule has 1 atom stereocenters. The molecule has 0 fully saturated rings. The van der Waals surface area contributed by atoms with Crippen LogP contribution in [0.5, 0.6) is 0 Å². The first-order chi connectivity index (χ1) is 19.2. The number of hydrogen-bond acceptors (Lipinski definition) is 7. The van der Waals surface area contributed by atoms with Gasteiger partial charge in [-0.2, -0.15) is 0 Å². The summed E-state index contributed by atoms with van der Waals surface area (Å²) < 4.78 is 14.5. The van der Waals surface area contributed by atoms with Crippen LogP contribution in [0.15, 0.2) is 83.4 Å². The van der Waals surface area contributed by atoms with Crippen LogP contribution in [-0.4, -0.2) is 33.2 Å². The lowest BCUT2D eigenvalue weighted by Crippen LogP contribution is -2.30. The molecule has 4 rings (SSSR count). The molecule has 0 saturated carbocycles. The number of carbonyl (C=O) groups excluding carboxylic acids is 3. The van der Waals surface area contributed by atoms with Crippen molar-refractivity contribution in [2.75, 3.05) is 10.6 Å². The quantitative estimate of drug-likeness (QED) is 0.158. The van der Waals surface area contributed by atoms with Crippen LogP contribution in [-0.2, 0) is 9.59 Å². The summed E-state index contributed by atoms with van der Waals surface area (Å²) in [6, 6.07) is 19.3. The molecule has 0 bridgehead atoms. The SMILES string of the molecule is Cc1nnc(NC(=O)C(C)Sc2cccc(NC(=O)/C(=C\c3c(F)cccc3Cl)NC(=O)c3ccccc3)c2)s1. The average Bonchev–Trinajstić information content (AvgIpc) is 3.34. The smallest absolute Gasteiger partial charge is 0.272 e. The number of rotatable bonds is 9. The summed E-state index contributed by atoms with van der Waals surface area (Å²) in [4.78, 5) is 39.4. The molecule has 40 heavy (non-hydrogen) atoms. The summed E-state index contributed by atoms with van der Waals surface area (Å²) in [5.74, 6) is -2.14. The second-order valence-corrected chi connectivity index (χ2v) is 11.4. The fourth-order valence-corrected chi connectivity index (χ4v) is 5.13. The zero-order valence-corrected chi connectivity index (χ0v) is 23.7. The second kappa shape index (κ2) is 13.3. The number of nitrogens with one attached hydrogen (secondary N) is 3. The molecule has 1 heterocycles. The van der Waals surface area contributed by atoms with Crippen LogP contribution in [0, 0.1) is 12.7 Å². The van der Waals surface area contributed by atoms with E-state index < -0.39 is 22.9 Å². The average molecular weight is 596 g/mol. The Morgan fingerprint density at radius 2 is 1.75 bits per heavy atom. The van der Waals surface area contributed by atoms with Gasteiger partial charge in [0.05, 0.1) is 10.3 Å². The van der Waals surface area contributed by atoms with Gasteiger partial charge < -0.3 is 10.6 Å². The molecule has 0 aliphatic rings. The Kier molecular flexibility index (Phi) is 9.65. The van der Waals surface area contributed by atoms with Crippen molar-refractivity contribution in [3.8, 4) is 0 Å². The zero-order valence-electron chi connectivity index (χ0n) is 21.3. The van der Waals surface area contributed by atoms with Crippen molar-refractivity contribution in [2.45, 2.75) is 24.0 Å². The Morgan fingerprint density at radius 1 is 1.00 bits per heavy atom. The van der Waals surface area contributed by atoms with Crippen molar-refractivity contribution in [1.29, 1.82) is 0 Å². The van der Waals surface area contributed by atoms with Crippen molar-refractivity contribution in [3.05, 3.63) is 105 Å². The number of hydrogen-bond donors (Lipinski definition) is 3. The van der Waals surface area contributed by atoms with Gasteiger partial charge in [0.2, 0.25) is 11.0 Å². The highest BCUT2D eigenvalue weighted by atomic mass is 35.5. The Labute approximate surface area is 243 Å². The first-order valence-electron chi connectivity index (χ1n) is 11.9. The summed E-state index contributed by atoms with van der Waals surface area (Å²) in [6.45, 7) is 3.54. The number of thioether (sulfide) groups is 1. The number of anilines is 2. The molecule has 3 amide bonds. The molecule has 0 aliphatic heterocycles. The molecular formula is C28H23ClFN5O3S2. The van der Waals surface area contributed by atoms with Crippen LogP contribution in [0.4, 0.5) is 15.2 Å². The lowest BCUT2D eigenvalue weighted by atomic mass is 10.1. The molecule has 3 N–H and O–H groups in total. The Morgan fingerprint density at radius 3 is 2.45 bits per heavy atom.